The van der Waals surface area contributed by atoms with Gasteiger partial charge in [-0.15, -0.1) is 0 Å². The maximum atomic E-state index is 12.4. The maximum Gasteiger partial charge on any atom is 0.319 e. The molecule has 0 spiro atoms. The van der Waals surface area contributed by atoms with Crippen LogP contribution in [0.4, 0.5) is 4.79 Å². The van der Waals surface area contributed by atoms with Crippen molar-refractivity contribution in [1.82, 2.24) is 10.6 Å². The number of rotatable bonds is 8. The second kappa shape index (κ2) is 8.75. The largest absolute Gasteiger partial charge is 0.493 e. The molecule has 2 rings (SSSR count). The Balaban J connectivity index is 2.35. The minimum Gasteiger partial charge on any atom is -0.493 e. The number of hydrogen-bond donors (Lipinski definition) is 2. The van der Waals surface area contributed by atoms with E-state index in [1.807, 2.05) is 0 Å². The maximum absolute atomic E-state index is 12.4. The second-order valence-corrected chi connectivity index (χ2v) is 5.51. The highest BCUT2D eigenvalue weighted by molar-refractivity contribution is 5.85. The molecule has 7 heteroatoms. The number of methoxy groups -OCH3 is 1. The molecule has 26 heavy (non-hydrogen) atoms. The number of carbonyl (C=O) groups excluding carboxylic acids is 2. The molecule has 0 bridgehead atoms. The van der Waals surface area contributed by atoms with Crippen molar-refractivity contribution in [2.75, 3.05) is 20.3 Å². The van der Waals surface area contributed by atoms with Crippen molar-refractivity contribution in [2.45, 2.75) is 6.04 Å². The van der Waals surface area contributed by atoms with Crippen LogP contribution in [0.2, 0.25) is 0 Å². The SMILES string of the molecule is C=CCOC(=O)[C@@H]1C(=C)NC(=O)N[C@H]1c1ccc(OCC=C)c(OC)c1. The van der Waals surface area contributed by atoms with Crippen molar-refractivity contribution >= 4 is 12.0 Å². The van der Waals surface area contributed by atoms with E-state index in [0.29, 0.717) is 23.7 Å². The number of nitrogens with one attached hydrogen (secondary N) is 2. The molecule has 0 radical (unpaired) electrons. The number of hydrogen-bond acceptors (Lipinski definition) is 5. The second-order valence-electron chi connectivity index (χ2n) is 5.51. The van der Waals surface area contributed by atoms with E-state index in [1.54, 1.807) is 24.3 Å². The fourth-order valence-electron chi connectivity index (χ4n) is 2.62. The molecule has 1 heterocycles. The number of ether oxygens (including phenoxy) is 3. The number of urea groups is 1. The third-order valence-corrected chi connectivity index (χ3v) is 3.77. The molecule has 1 aromatic carbocycles. The van der Waals surface area contributed by atoms with Crippen molar-refractivity contribution in [1.29, 1.82) is 0 Å². The zero-order chi connectivity index (χ0) is 19.1. The molecule has 1 fully saturated rings. The van der Waals surface area contributed by atoms with Crippen molar-refractivity contribution in [3.63, 3.8) is 0 Å². The van der Waals surface area contributed by atoms with E-state index in [1.165, 1.54) is 13.2 Å². The van der Waals surface area contributed by atoms with Crippen LogP contribution in [0.15, 0.2) is 55.8 Å². The average Bonchev–Trinajstić information content (AvgIpc) is 2.63. The van der Waals surface area contributed by atoms with Crippen LogP contribution in [0, 0.1) is 5.92 Å². The summed E-state index contributed by atoms with van der Waals surface area (Å²) in [7, 11) is 1.51. The van der Waals surface area contributed by atoms with Crippen LogP contribution < -0.4 is 20.1 Å². The lowest BCUT2D eigenvalue weighted by Crippen LogP contribution is -2.51. The number of esters is 1. The third kappa shape index (κ3) is 4.24. The summed E-state index contributed by atoms with van der Waals surface area (Å²) >= 11 is 0. The van der Waals surface area contributed by atoms with Gasteiger partial charge in [-0.05, 0) is 17.7 Å². The van der Waals surface area contributed by atoms with Gasteiger partial charge in [-0.25, -0.2) is 4.79 Å². The molecule has 0 aliphatic carbocycles. The Hall–Kier alpha value is -3.22. The van der Waals surface area contributed by atoms with E-state index in [9.17, 15) is 9.59 Å². The quantitative estimate of drug-likeness (QED) is 0.551. The Morgan fingerprint density at radius 3 is 2.62 bits per heavy atom. The molecule has 0 saturated carbocycles. The molecular weight excluding hydrogens is 336 g/mol. The fraction of sp³-hybridized carbons (Fsp3) is 0.263. The standard InChI is InChI=1S/C19H22N2O5/c1-5-9-25-14-8-7-13(11-15(14)24-4)17-16(18(22)26-10-6-2)12(3)20-19(23)21-17/h5-8,11,16-17H,1-3,9-10H2,4H3,(H2,20,21,23)/t16-,17+/m1/s1. The van der Waals surface area contributed by atoms with E-state index in [2.05, 4.69) is 30.4 Å². The van der Waals surface area contributed by atoms with E-state index in [-0.39, 0.29) is 12.3 Å². The monoisotopic (exact) mass is 358 g/mol. The Morgan fingerprint density at radius 2 is 1.96 bits per heavy atom. The van der Waals surface area contributed by atoms with Crippen LogP contribution >= 0.6 is 0 Å². The summed E-state index contributed by atoms with van der Waals surface area (Å²) in [6, 6.07) is 4.06. The molecule has 1 aliphatic heterocycles. The molecule has 1 aromatic rings. The van der Waals surface area contributed by atoms with Crippen LogP contribution in [0.3, 0.4) is 0 Å². The van der Waals surface area contributed by atoms with E-state index >= 15 is 0 Å². The molecule has 0 unspecified atom stereocenters. The van der Waals surface area contributed by atoms with Crippen LogP contribution in [0.25, 0.3) is 0 Å². The first-order valence-corrected chi connectivity index (χ1v) is 7.97. The minimum absolute atomic E-state index is 0.0704. The predicted molar refractivity (Wildman–Crippen MR) is 96.9 cm³/mol. The normalized spacial score (nSPS) is 19.0. The summed E-state index contributed by atoms with van der Waals surface area (Å²) in [6.07, 6.45) is 3.09. The van der Waals surface area contributed by atoms with Crippen molar-refractivity contribution in [2.24, 2.45) is 5.92 Å². The fourth-order valence-corrected chi connectivity index (χ4v) is 2.62. The van der Waals surface area contributed by atoms with Crippen molar-refractivity contribution in [3.05, 3.63) is 61.3 Å². The van der Waals surface area contributed by atoms with Gasteiger partial charge in [-0.2, -0.15) is 0 Å². The summed E-state index contributed by atoms with van der Waals surface area (Å²) in [4.78, 5) is 24.3. The van der Waals surface area contributed by atoms with Gasteiger partial charge in [0.15, 0.2) is 11.5 Å². The van der Waals surface area contributed by atoms with Gasteiger partial charge in [-0.1, -0.05) is 38.0 Å². The third-order valence-electron chi connectivity index (χ3n) is 3.77. The summed E-state index contributed by atoms with van der Waals surface area (Å²) in [5.41, 5.74) is 0.920. The molecule has 1 aliphatic rings. The van der Waals surface area contributed by atoms with Gasteiger partial charge in [0.1, 0.15) is 19.1 Å². The van der Waals surface area contributed by atoms with Gasteiger partial charge in [0, 0.05) is 5.70 Å². The van der Waals surface area contributed by atoms with E-state index in [4.69, 9.17) is 14.2 Å². The van der Waals surface area contributed by atoms with Gasteiger partial charge in [0.2, 0.25) is 0 Å². The van der Waals surface area contributed by atoms with Gasteiger partial charge in [0.05, 0.1) is 13.2 Å². The topological polar surface area (TPSA) is 85.9 Å². The van der Waals surface area contributed by atoms with Gasteiger partial charge >= 0.3 is 12.0 Å². The average molecular weight is 358 g/mol. The van der Waals surface area contributed by atoms with Crippen LogP contribution in [-0.2, 0) is 9.53 Å². The lowest BCUT2D eigenvalue weighted by Gasteiger charge is -2.33. The number of benzene rings is 1. The summed E-state index contributed by atoms with van der Waals surface area (Å²) in [5.74, 6) is -0.308. The Bertz CT molecular complexity index is 729. The number of carbonyl (C=O) groups is 2. The first-order chi connectivity index (χ1) is 12.5. The van der Waals surface area contributed by atoms with Crippen LogP contribution in [0.5, 0.6) is 11.5 Å². The van der Waals surface area contributed by atoms with Gasteiger partial charge < -0.3 is 24.8 Å². The molecule has 2 N–H and O–H groups in total. The zero-order valence-corrected chi connectivity index (χ0v) is 14.6. The van der Waals surface area contributed by atoms with Crippen LogP contribution in [0.1, 0.15) is 11.6 Å². The van der Waals surface area contributed by atoms with Crippen molar-refractivity contribution in [3.8, 4) is 11.5 Å². The molecule has 1 saturated heterocycles. The molecule has 7 nitrogen and oxygen atoms in total. The lowest BCUT2D eigenvalue weighted by atomic mass is 9.89. The van der Waals surface area contributed by atoms with Gasteiger partial charge in [0.25, 0.3) is 0 Å². The summed E-state index contributed by atoms with van der Waals surface area (Å²) in [5, 5.41) is 5.25. The zero-order valence-electron chi connectivity index (χ0n) is 14.6. The highest BCUT2D eigenvalue weighted by atomic mass is 16.5. The van der Waals surface area contributed by atoms with Crippen LogP contribution in [-0.4, -0.2) is 32.3 Å². The van der Waals surface area contributed by atoms with Crippen molar-refractivity contribution < 1.29 is 23.8 Å². The molecular formula is C19H22N2O5. The van der Waals surface area contributed by atoms with Gasteiger partial charge in [-0.3, -0.25) is 4.79 Å². The Labute approximate surface area is 152 Å². The predicted octanol–water partition coefficient (Wildman–Crippen LogP) is 2.47. The number of amides is 2. The molecule has 138 valence electrons. The summed E-state index contributed by atoms with van der Waals surface area (Å²) < 4.78 is 16.0. The smallest absolute Gasteiger partial charge is 0.319 e. The van der Waals surface area contributed by atoms with E-state index < -0.39 is 24.0 Å². The molecule has 0 aromatic heterocycles. The first-order valence-electron chi connectivity index (χ1n) is 7.97. The Kier molecular flexibility index (Phi) is 6.43. The summed E-state index contributed by atoms with van der Waals surface area (Å²) in [6.45, 7) is 11.3. The Morgan fingerprint density at radius 1 is 1.23 bits per heavy atom. The molecule has 2 atom stereocenters. The minimum atomic E-state index is -0.794. The highest BCUT2D eigenvalue weighted by Crippen LogP contribution is 2.35. The molecule has 2 amide bonds. The lowest BCUT2D eigenvalue weighted by molar-refractivity contribution is -0.147. The highest BCUT2D eigenvalue weighted by Gasteiger charge is 2.39. The van der Waals surface area contributed by atoms with E-state index in [0.717, 1.165) is 0 Å². The first kappa shape index (κ1) is 19.1.